The summed E-state index contributed by atoms with van der Waals surface area (Å²) in [5, 5.41) is 3.38. The fraction of sp³-hybridized carbons (Fsp3) is 0.381. The highest BCUT2D eigenvalue weighted by atomic mass is 35.5. The van der Waals surface area contributed by atoms with Crippen molar-refractivity contribution in [2.75, 3.05) is 25.9 Å². The lowest BCUT2D eigenvalue weighted by molar-refractivity contribution is 0.0923. The van der Waals surface area contributed by atoms with Gasteiger partial charge < -0.3 is 15.8 Å². The van der Waals surface area contributed by atoms with E-state index in [9.17, 15) is 4.79 Å². The third-order valence-electron chi connectivity index (χ3n) is 5.21. The SMILES string of the molecule is CCC(CNC(=O)c1cc(Cl)c(N)cc1OC)N1CCc2ccccc2C1. The molecule has 5 nitrogen and oxygen atoms in total. The van der Waals surface area contributed by atoms with Gasteiger partial charge in [0.15, 0.2) is 0 Å². The number of ether oxygens (including phenoxy) is 1. The number of nitrogen functional groups attached to an aromatic ring is 1. The summed E-state index contributed by atoms with van der Waals surface area (Å²) in [5.41, 5.74) is 9.39. The molecule has 27 heavy (non-hydrogen) atoms. The average Bonchev–Trinajstić information content (AvgIpc) is 2.69. The van der Waals surface area contributed by atoms with Gasteiger partial charge in [-0.25, -0.2) is 0 Å². The molecule has 0 radical (unpaired) electrons. The van der Waals surface area contributed by atoms with Crippen molar-refractivity contribution < 1.29 is 9.53 Å². The number of amides is 1. The molecule has 0 bridgehead atoms. The van der Waals surface area contributed by atoms with Crippen molar-refractivity contribution in [2.24, 2.45) is 0 Å². The lowest BCUT2D eigenvalue weighted by atomic mass is 9.98. The average molecular weight is 388 g/mol. The summed E-state index contributed by atoms with van der Waals surface area (Å²) in [6.45, 7) is 4.64. The zero-order valence-electron chi connectivity index (χ0n) is 15.8. The highest BCUT2D eigenvalue weighted by Gasteiger charge is 2.23. The van der Waals surface area contributed by atoms with Gasteiger partial charge in [0.05, 0.1) is 23.4 Å². The molecule has 0 aromatic heterocycles. The number of hydrogen-bond donors (Lipinski definition) is 2. The van der Waals surface area contributed by atoms with Crippen LogP contribution in [0.5, 0.6) is 5.75 Å². The van der Waals surface area contributed by atoms with E-state index in [0.29, 0.717) is 28.6 Å². The Morgan fingerprint density at radius 2 is 2.07 bits per heavy atom. The van der Waals surface area contributed by atoms with E-state index < -0.39 is 0 Å². The van der Waals surface area contributed by atoms with E-state index >= 15 is 0 Å². The van der Waals surface area contributed by atoms with Crippen molar-refractivity contribution in [2.45, 2.75) is 32.4 Å². The molecule has 0 saturated heterocycles. The van der Waals surface area contributed by atoms with Gasteiger partial charge in [0.2, 0.25) is 0 Å². The van der Waals surface area contributed by atoms with Crippen LogP contribution < -0.4 is 15.8 Å². The second kappa shape index (κ2) is 8.63. The van der Waals surface area contributed by atoms with Gasteiger partial charge in [0, 0.05) is 31.7 Å². The van der Waals surface area contributed by atoms with E-state index in [0.717, 1.165) is 25.9 Å². The Morgan fingerprint density at radius 1 is 1.33 bits per heavy atom. The lowest BCUT2D eigenvalue weighted by Gasteiger charge is -2.35. The van der Waals surface area contributed by atoms with Crippen LogP contribution in [-0.4, -0.2) is 37.0 Å². The Kier molecular flexibility index (Phi) is 6.24. The summed E-state index contributed by atoms with van der Waals surface area (Å²) in [6.07, 6.45) is 2.00. The minimum absolute atomic E-state index is 0.204. The van der Waals surface area contributed by atoms with E-state index in [1.165, 1.54) is 18.2 Å². The molecule has 1 atom stereocenters. The molecule has 0 aliphatic carbocycles. The van der Waals surface area contributed by atoms with Crippen LogP contribution in [0.1, 0.15) is 34.8 Å². The molecule has 2 aromatic rings. The van der Waals surface area contributed by atoms with Crippen LogP contribution >= 0.6 is 11.6 Å². The molecule has 3 N–H and O–H groups in total. The van der Waals surface area contributed by atoms with Gasteiger partial charge in [-0.15, -0.1) is 0 Å². The third-order valence-corrected chi connectivity index (χ3v) is 5.54. The van der Waals surface area contributed by atoms with Crippen molar-refractivity contribution in [3.05, 3.63) is 58.1 Å². The minimum atomic E-state index is -0.204. The summed E-state index contributed by atoms with van der Waals surface area (Å²) < 4.78 is 5.28. The third kappa shape index (κ3) is 4.37. The highest BCUT2D eigenvalue weighted by molar-refractivity contribution is 6.33. The molecular weight excluding hydrogens is 362 g/mol. The number of benzene rings is 2. The predicted octanol–water partition coefficient (Wildman–Crippen LogP) is 3.50. The second-order valence-corrected chi connectivity index (χ2v) is 7.24. The molecule has 1 unspecified atom stereocenters. The molecule has 2 aromatic carbocycles. The number of anilines is 1. The molecule has 0 spiro atoms. The normalized spacial score (nSPS) is 15.1. The second-order valence-electron chi connectivity index (χ2n) is 6.84. The number of hydrogen-bond acceptors (Lipinski definition) is 4. The maximum absolute atomic E-state index is 12.7. The van der Waals surface area contributed by atoms with E-state index in [4.69, 9.17) is 22.1 Å². The van der Waals surface area contributed by atoms with Crippen molar-refractivity contribution in [1.29, 1.82) is 0 Å². The van der Waals surface area contributed by atoms with Crippen LogP contribution in [0.15, 0.2) is 36.4 Å². The van der Waals surface area contributed by atoms with E-state index in [1.807, 2.05) is 0 Å². The van der Waals surface area contributed by atoms with Gasteiger partial charge >= 0.3 is 0 Å². The molecular formula is C21H26ClN3O2. The Labute approximate surface area is 165 Å². The van der Waals surface area contributed by atoms with E-state index in [2.05, 4.69) is 41.4 Å². The highest BCUT2D eigenvalue weighted by Crippen LogP contribution is 2.29. The first-order valence-corrected chi connectivity index (χ1v) is 9.63. The summed E-state index contributed by atoms with van der Waals surface area (Å²) in [5.74, 6) is 0.221. The van der Waals surface area contributed by atoms with Crippen LogP contribution in [0.3, 0.4) is 0 Å². The summed E-state index contributed by atoms with van der Waals surface area (Å²) >= 11 is 6.08. The first kappa shape index (κ1) is 19.5. The number of methoxy groups -OCH3 is 1. The first-order valence-electron chi connectivity index (χ1n) is 9.25. The maximum atomic E-state index is 12.7. The molecule has 1 aliphatic heterocycles. The van der Waals surface area contributed by atoms with Gasteiger partial charge in [-0.2, -0.15) is 0 Å². The number of halogens is 1. The zero-order valence-corrected chi connectivity index (χ0v) is 16.6. The van der Waals surface area contributed by atoms with Gasteiger partial charge in [-0.05, 0) is 30.0 Å². The largest absolute Gasteiger partial charge is 0.496 e. The molecule has 1 heterocycles. The van der Waals surface area contributed by atoms with Crippen molar-refractivity contribution in [3.8, 4) is 5.75 Å². The first-order chi connectivity index (χ1) is 13.0. The number of carbonyl (C=O) groups excluding carboxylic acids is 1. The van der Waals surface area contributed by atoms with Crippen molar-refractivity contribution >= 4 is 23.2 Å². The van der Waals surface area contributed by atoms with Gasteiger partial charge in [-0.3, -0.25) is 9.69 Å². The molecule has 6 heteroatoms. The Hall–Kier alpha value is -2.24. The maximum Gasteiger partial charge on any atom is 0.255 e. The van der Waals surface area contributed by atoms with E-state index in [-0.39, 0.29) is 11.9 Å². The lowest BCUT2D eigenvalue weighted by Crippen LogP contribution is -2.45. The number of fused-ring (bicyclic) bond motifs is 1. The quantitative estimate of drug-likeness (QED) is 0.744. The number of nitrogens with two attached hydrogens (primary N) is 1. The fourth-order valence-corrected chi connectivity index (χ4v) is 3.75. The smallest absolute Gasteiger partial charge is 0.255 e. The van der Waals surface area contributed by atoms with Crippen LogP contribution in [0, 0.1) is 0 Å². The van der Waals surface area contributed by atoms with Gasteiger partial charge in [0.25, 0.3) is 5.91 Å². The van der Waals surface area contributed by atoms with Crippen LogP contribution in [-0.2, 0) is 13.0 Å². The molecule has 0 saturated carbocycles. The topological polar surface area (TPSA) is 67.6 Å². The standard InChI is InChI=1S/C21H26ClN3O2/c1-3-16(25-9-8-14-6-4-5-7-15(14)13-25)12-24-21(26)17-10-18(22)19(23)11-20(17)27-2/h4-7,10-11,16H,3,8-9,12-13,23H2,1-2H3,(H,24,26). The number of carbonyl (C=O) groups is 1. The minimum Gasteiger partial charge on any atom is -0.496 e. The molecule has 1 aliphatic rings. The summed E-state index contributed by atoms with van der Waals surface area (Å²) in [7, 11) is 1.51. The molecule has 144 valence electrons. The Morgan fingerprint density at radius 3 is 2.78 bits per heavy atom. The number of nitrogens with zero attached hydrogens (tertiary/aromatic N) is 1. The fourth-order valence-electron chi connectivity index (χ4n) is 3.58. The van der Waals surface area contributed by atoms with Crippen LogP contribution in [0.25, 0.3) is 0 Å². The summed E-state index contributed by atoms with van der Waals surface area (Å²) in [6, 6.07) is 12.0. The zero-order chi connectivity index (χ0) is 19.4. The van der Waals surface area contributed by atoms with Crippen LogP contribution in [0.2, 0.25) is 5.02 Å². The van der Waals surface area contributed by atoms with E-state index in [1.54, 1.807) is 12.1 Å². The molecule has 1 amide bonds. The van der Waals surface area contributed by atoms with Crippen molar-refractivity contribution in [3.63, 3.8) is 0 Å². The number of rotatable bonds is 6. The summed E-state index contributed by atoms with van der Waals surface area (Å²) in [4.78, 5) is 15.1. The Balaban J connectivity index is 1.66. The molecule has 0 fully saturated rings. The predicted molar refractivity (Wildman–Crippen MR) is 109 cm³/mol. The van der Waals surface area contributed by atoms with Gasteiger partial charge in [-0.1, -0.05) is 42.8 Å². The van der Waals surface area contributed by atoms with Gasteiger partial charge in [0.1, 0.15) is 5.75 Å². The van der Waals surface area contributed by atoms with Crippen LogP contribution in [0.4, 0.5) is 5.69 Å². The van der Waals surface area contributed by atoms with Crippen molar-refractivity contribution in [1.82, 2.24) is 10.2 Å². The molecule has 3 rings (SSSR count). The Bertz CT molecular complexity index is 825. The number of nitrogens with one attached hydrogen (secondary N) is 1. The monoisotopic (exact) mass is 387 g/mol.